The molecule has 3 N–H and O–H groups in total. The zero-order valence-electron chi connectivity index (χ0n) is 14.0. The summed E-state index contributed by atoms with van der Waals surface area (Å²) in [4.78, 5) is 20.0. The molecule has 0 spiro atoms. The number of aromatic nitrogens is 2. The van der Waals surface area contributed by atoms with Crippen molar-refractivity contribution >= 4 is 44.1 Å². The van der Waals surface area contributed by atoms with Gasteiger partial charge < -0.3 is 15.8 Å². The molecule has 0 bridgehead atoms. The van der Waals surface area contributed by atoms with Gasteiger partial charge in [0.1, 0.15) is 5.75 Å². The van der Waals surface area contributed by atoms with Gasteiger partial charge in [0.15, 0.2) is 16.7 Å². The Morgan fingerprint density at radius 2 is 2.15 bits per heavy atom. The van der Waals surface area contributed by atoms with Crippen LogP contribution in [-0.4, -0.2) is 15.9 Å². The molecular weight excluding hydrogens is 416 g/mol. The Labute approximate surface area is 163 Å². The van der Waals surface area contributed by atoms with Crippen LogP contribution in [0.2, 0.25) is 0 Å². The number of pyridine rings is 1. The third-order valence-corrected chi connectivity index (χ3v) is 4.76. The van der Waals surface area contributed by atoms with E-state index in [1.165, 1.54) is 11.3 Å². The van der Waals surface area contributed by atoms with E-state index in [2.05, 4.69) is 31.2 Å². The summed E-state index contributed by atoms with van der Waals surface area (Å²) >= 11 is 4.85. The van der Waals surface area contributed by atoms with Crippen LogP contribution in [0.15, 0.2) is 52.4 Å². The maximum absolute atomic E-state index is 11.1. The molecule has 1 amide bonds. The number of nitrogens with two attached hydrogens (primary N) is 1. The van der Waals surface area contributed by atoms with Crippen LogP contribution in [0.1, 0.15) is 25.0 Å². The van der Waals surface area contributed by atoms with E-state index in [1.54, 1.807) is 6.20 Å². The molecule has 3 aromatic rings. The van der Waals surface area contributed by atoms with Crippen LogP contribution >= 0.6 is 27.3 Å². The Morgan fingerprint density at radius 3 is 2.88 bits per heavy atom. The molecule has 8 heteroatoms. The molecule has 0 saturated heterocycles. The molecule has 2 heterocycles. The van der Waals surface area contributed by atoms with Crippen LogP contribution < -0.4 is 15.8 Å². The lowest BCUT2D eigenvalue weighted by Gasteiger charge is -2.11. The van der Waals surface area contributed by atoms with Crippen LogP contribution in [-0.2, 0) is 4.79 Å². The number of nitrogens with zero attached hydrogens (tertiary/aromatic N) is 2. The van der Waals surface area contributed by atoms with Crippen molar-refractivity contribution in [1.29, 1.82) is 0 Å². The van der Waals surface area contributed by atoms with Crippen LogP contribution in [0.3, 0.4) is 0 Å². The molecule has 26 heavy (non-hydrogen) atoms. The third kappa shape index (κ3) is 4.80. The first-order valence-corrected chi connectivity index (χ1v) is 9.57. The quantitative estimate of drug-likeness (QED) is 0.558. The Morgan fingerprint density at radius 1 is 1.38 bits per heavy atom. The fourth-order valence-electron chi connectivity index (χ4n) is 2.29. The maximum atomic E-state index is 11.1. The van der Waals surface area contributed by atoms with Crippen LogP contribution in [0.4, 0.5) is 10.9 Å². The highest BCUT2D eigenvalue weighted by Gasteiger charge is 2.15. The minimum absolute atomic E-state index is 0.0304. The van der Waals surface area contributed by atoms with Crippen molar-refractivity contribution in [2.24, 2.45) is 5.73 Å². The van der Waals surface area contributed by atoms with E-state index in [0.717, 1.165) is 10.2 Å². The van der Waals surface area contributed by atoms with Crippen molar-refractivity contribution in [3.63, 3.8) is 0 Å². The molecule has 0 aliphatic heterocycles. The number of hydrogen-bond acceptors (Lipinski definition) is 6. The summed E-state index contributed by atoms with van der Waals surface area (Å²) in [5.41, 5.74) is 6.08. The third-order valence-electron chi connectivity index (χ3n) is 3.55. The van der Waals surface area contributed by atoms with Gasteiger partial charge in [-0.15, -0.1) is 11.3 Å². The Balaban J connectivity index is 1.80. The first-order chi connectivity index (χ1) is 12.5. The predicted molar refractivity (Wildman–Crippen MR) is 106 cm³/mol. The summed E-state index contributed by atoms with van der Waals surface area (Å²) in [5, 5.41) is 5.76. The summed E-state index contributed by atoms with van der Waals surface area (Å²) in [6.45, 7) is 1.92. The van der Waals surface area contributed by atoms with Gasteiger partial charge in [0.2, 0.25) is 5.91 Å². The first kappa shape index (κ1) is 18.3. The van der Waals surface area contributed by atoms with E-state index in [9.17, 15) is 4.79 Å². The van der Waals surface area contributed by atoms with Gasteiger partial charge in [0.05, 0.1) is 5.69 Å². The first-order valence-electron chi connectivity index (χ1n) is 7.90. The van der Waals surface area contributed by atoms with Crippen molar-refractivity contribution in [2.45, 2.75) is 19.3 Å². The van der Waals surface area contributed by atoms with Crippen molar-refractivity contribution in [2.75, 3.05) is 5.32 Å². The minimum Gasteiger partial charge on any atom is -0.453 e. The highest BCUT2D eigenvalue weighted by Crippen LogP contribution is 2.33. The minimum atomic E-state index is -0.340. The molecule has 6 nitrogen and oxygen atoms in total. The molecule has 3 rings (SSSR count). The SMILES string of the molecule is CC(CC(N)=O)c1csc(Nc2ncc(Br)cc2Oc2ccccc2)n1. The van der Waals surface area contributed by atoms with Crippen molar-refractivity contribution in [3.8, 4) is 11.5 Å². The van der Waals surface area contributed by atoms with Crippen molar-refractivity contribution in [1.82, 2.24) is 9.97 Å². The summed E-state index contributed by atoms with van der Waals surface area (Å²) in [5.74, 6) is 1.48. The Hall–Kier alpha value is -2.45. The van der Waals surface area contributed by atoms with Gasteiger partial charge in [0.25, 0.3) is 0 Å². The lowest BCUT2D eigenvalue weighted by atomic mass is 10.1. The fourth-order valence-corrected chi connectivity index (χ4v) is 3.43. The number of nitrogens with one attached hydrogen (secondary N) is 1. The smallest absolute Gasteiger partial charge is 0.218 e. The summed E-state index contributed by atoms with van der Waals surface area (Å²) < 4.78 is 6.74. The number of para-hydroxylation sites is 1. The van der Waals surface area contributed by atoms with Crippen LogP contribution in [0, 0.1) is 0 Å². The second-order valence-electron chi connectivity index (χ2n) is 5.69. The van der Waals surface area contributed by atoms with E-state index in [0.29, 0.717) is 22.4 Å². The Bertz CT molecular complexity index is 901. The Kier molecular flexibility index (Phi) is 5.85. The number of primary amides is 1. The number of carbonyl (C=O) groups excluding carboxylic acids is 1. The van der Waals surface area contributed by atoms with Gasteiger partial charge in [-0.2, -0.15) is 0 Å². The molecule has 1 aromatic carbocycles. The van der Waals surface area contributed by atoms with Crippen molar-refractivity contribution in [3.05, 3.63) is 58.1 Å². The largest absolute Gasteiger partial charge is 0.453 e. The number of amides is 1. The van der Waals surface area contributed by atoms with Gasteiger partial charge in [-0.1, -0.05) is 25.1 Å². The van der Waals surface area contributed by atoms with Gasteiger partial charge in [-0.25, -0.2) is 9.97 Å². The molecule has 0 fully saturated rings. The zero-order valence-corrected chi connectivity index (χ0v) is 16.4. The number of carbonyl (C=O) groups is 1. The van der Waals surface area contributed by atoms with Crippen molar-refractivity contribution < 1.29 is 9.53 Å². The lowest BCUT2D eigenvalue weighted by Crippen LogP contribution is -2.13. The fraction of sp³-hybridized carbons (Fsp3) is 0.167. The molecule has 1 atom stereocenters. The number of anilines is 2. The van der Waals surface area contributed by atoms with Crippen LogP contribution in [0.5, 0.6) is 11.5 Å². The molecular formula is C18H17BrN4O2S. The van der Waals surface area contributed by atoms with E-state index in [4.69, 9.17) is 10.5 Å². The second kappa shape index (κ2) is 8.29. The molecule has 1 unspecified atom stereocenters. The molecule has 0 aliphatic carbocycles. The van der Waals surface area contributed by atoms with Gasteiger partial charge in [-0.3, -0.25) is 4.79 Å². The second-order valence-corrected chi connectivity index (χ2v) is 7.46. The number of thiazole rings is 1. The van der Waals surface area contributed by atoms with Crippen LogP contribution in [0.25, 0.3) is 0 Å². The highest BCUT2D eigenvalue weighted by atomic mass is 79.9. The molecule has 0 radical (unpaired) electrons. The number of halogens is 1. The zero-order chi connectivity index (χ0) is 18.5. The maximum Gasteiger partial charge on any atom is 0.218 e. The topological polar surface area (TPSA) is 90.1 Å². The monoisotopic (exact) mass is 432 g/mol. The average molecular weight is 433 g/mol. The average Bonchev–Trinajstić information content (AvgIpc) is 3.06. The molecule has 2 aromatic heterocycles. The normalized spacial score (nSPS) is 11.8. The predicted octanol–water partition coefficient (Wildman–Crippen LogP) is 4.82. The molecule has 0 aliphatic rings. The number of ether oxygens (including phenoxy) is 1. The van der Waals surface area contributed by atoms with E-state index in [1.807, 2.05) is 48.7 Å². The van der Waals surface area contributed by atoms with Gasteiger partial charge in [0, 0.05) is 34.5 Å². The summed E-state index contributed by atoms with van der Waals surface area (Å²) in [6.07, 6.45) is 1.95. The molecule has 0 saturated carbocycles. The number of benzene rings is 1. The van der Waals surface area contributed by atoms with Gasteiger partial charge >= 0.3 is 0 Å². The number of hydrogen-bond donors (Lipinski definition) is 2. The standard InChI is InChI=1S/C18H17BrN4O2S/c1-11(7-16(20)24)14-10-26-18(22-14)23-17-15(8-12(19)9-21-17)25-13-5-3-2-4-6-13/h2-6,8-11H,7H2,1H3,(H2,20,24)(H,21,22,23). The lowest BCUT2D eigenvalue weighted by molar-refractivity contribution is -0.118. The van der Waals surface area contributed by atoms with E-state index < -0.39 is 0 Å². The highest BCUT2D eigenvalue weighted by molar-refractivity contribution is 9.10. The summed E-state index contributed by atoms with van der Waals surface area (Å²) in [7, 11) is 0. The van der Waals surface area contributed by atoms with E-state index >= 15 is 0 Å². The molecule has 134 valence electrons. The summed E-state index contributed by atoms with van der Waals surface area (Å²) in [6, 6.07) is 11.3. The van der Waals surface area contributed by atoms with Gasteiger partial charge in [-0.05, 0) is 28.1 Å². The van der Waals surface area contributed by atoms with E-state index in [-0.39, 0.29) is 18.2 Å². The number of rotatable bonds is 7.